The zero-order valence-electron chi connectivity index (χ0n) is 14.6. The van der Waals surface area contributed by atoms with E-state index in [0.29, 0.717) is 6.04 Å². The van der Waals surface area contributed by atoms with Crippen LogP contribution in [0.15, 0.2) is 18.0 Å². The highest BCUT2D eigenvalue weighted by atomic mass is 32.1. The standard InChI is InChI=1S/C19H24N4OS/c1-12-15-17(20-10-9-13-5-3-2-4-6-13)21-11-22-19(15)25-16(12)18(24)23-14-7-8-14/h5,11,14H,2-4,6-10H2,1H3,(H,23,24)(H,20,21,22). The largest absolute Gasteiger partial charge is 0.369 e. The SMILES string of the molecule is Cc1c(C(=O)NC2CC2)sc2ncnc(NCCC3=CCCCC3)c12. The van der Waals surface area contributed by atoms with Crippen LogP contribution in [0.3, 0.4) is 0 Å². The maximum atomic E-state index is 12.4. The molecular formula is C19H24N4OS. The van der Waals surface area contributed by atoms with Gasteiger partial charge in [-0.1, -0.05) is 11.6 Å². The van der Waals surface area contributed by atoms with Crippen molar-refractivity contribution in [3.8, 4) is 0 Å². The van der Waals surface area contributed by atoms with Crippen molar-refractivity contribution < 1.29 is 4.79 Å². The third-order valence-electron chi connectivity index (χ3n) is 4.97. The third-order valence-corrected chi connectivity index (χ3v) is 6.17. The summed E-state index contributed by atoms with van der Waals surface area (Å²) in [7, 11) is 0. The molecule has 0 bridgehead atoms. The molecule has 0 aliphatic heterocycles. The summed E-state index contributed by atoms with van der Waals surface area (Å²) in [6.45, 7) is 2.87. The topological polar surface area (TPSA) is 66.9 Å². The number of aromatic nitrogens is 2. The molecule has 1 saturated carbocycles. The van der Waals surface area contributed by atoms with Gasteiger partial charge in [0.25, 0.3) is 5.91 Å². The van der Waals surface area contributed by atoms with Crippen molar-refractivity contribution >= 4 is 33.3 Å². The first-order valence-electron chi connectivity index (χ1n) is 9.19. The Kier molecular flexibility index (Phi) is 4.70. The van der Waals surface area contributed by atoms with Crippen LogP contribution in [0.4, 0.5) is 5.82 Å². The van der Waals surface area contributed by atoms with Crippen LogP contribution in [-0.4, -0.2) is 28.5 Å². The summed E-state index contributed by atoms with van der Waals surface area (Å²) in [5.41, 5.74) is 2.54. The molecule has 0 saturated heterocycles. The van der Waals surface area contributed by atoms with E-state index in [9.17, 15) is 4.79 Å². The van der Waals surface area contributed by atoms with Gasteiger partial charge in [-0.2, -0.15) is 0 Å². The third kappa shape index (κ3) is 3.68. The van der Waals surface area contributed by atoms with Gasteiger partial charge < -0.3 is 10.6 Å². The van der Waals surface area contributed by atoms with Gasteiger partial charge in [0.15, 0.2) is 0 Å². The smallest absolute Gasteiger partial charge is 0.261 e. The number of carbonyl (C=O) groups excluding carboxylic acids is 1. The molecule has 2 aliphatic rings. The number of carbonyl (C=O) groups is 1. The van der Waals surface area contributed by atoms with Crippen molar-refractivity contribution in [1.29, 1.82) is 0 Å². The molecule has 0 unspecified atom stereocenters. The Bertz CT molecular complexity index is 822. The first-order valence-corrected chi connectivity index (χ1v) is 10.0. The molecule has 132 valence electrons. The Morgan fingerprint density at radius 1 is 1.32 bits per heavy atom. The Morgan fingerprint density at radius 2 is 2.20 bits per heavy atom. The highest BCUT2D eigenvalue weighted by Gasteiger charge is 2.26. The molecule has 2 heterocycles. The second kappa shape index (κ2) is 7.12. The second-order valence-corrected chi connectivity index (χ2v) is 7.99. The summed E-state index contributed by atoms with van der Waals surface area (Å²) in [4.78, 5) is 22.9. The lowest BCUT2D eigenvalue weighted by molar-refractivity contribution is 0.0954. The number of fused-ring (bicyclic) bond motifs is 1. The number of hydrogen-bond donors (Lipinski definition) is 2. The number of nitrogens with one attached hydrogen (secondary N) is 2. The summed E-state index contributed by atoms with van der Waals surface area (Å²) in [5.74, 6) is 0.877. The van der Waals surface area contributed by atoms with Crippen LogP contribution in [0.2, 0.25) is 0 Å². The predicted molar refractivity (Wildman–Crippen MR) is 102 cm³/mol. The van der Waals surface area contributed by atoms with E-state index in [-0.39, 0.29) is 5.91 Å². The molecule has 2 aromatic rings. The van der Waals surface area contributed by atoms with Gasteiger partial charge in [-0.3, -0.25) is 4.79 Å². The molecule has 0 radical (unpaired) electrons. The van der Waals surface area contributed by atoms with Gasteiger partial charge in [0.2, 0.25) is 0 Å². The van der Waals surface area contributed by atoms with Crippen LogP contribution in [0, 0.1) is 6.92 Å². The summed E-state index contributed by atoms with van der Waals surface area (Å²) in [5, 5.41) is 7.53. The van der Waals surface area contributed by atoms with E-state index in [0.717, 1.165) is 52.3 Å². The molecule has 2 aliphatic carbocycles. The first-order chi connectivity index (χ1) is 12.2. The minimum absolute atomic E-state index is 0.0290. The van der Waals surface area contributed by atoms with Gasteiger partial charge >= 0.3 is 0 Å². The molecular weight excluding hydrogens is 332 g/mol. The van der Waals surface area contributed by atoms with Gasteiger partial charge in [-0.05, 0) is 57.4 Å². The molecule has 2 N–H and O–H groups in total. The number of nitrogens with zero attached hydrogens (tertiary/aromatic N) is 2. The van der Waals surface area contributed by atoms with E-state index >= 15 is 0 Å². The first kappa shape index (κ1) is 16.5. The van der Waals surface area contributed by atoms with Crippen molar-refractivity contribution in [3.63, 3.8) is 0 Å². The Labute approximate surface area is 151 Å². The van der Waals surface area contributed by atoms with Crippen LogP contribution >= 0.6 is 11.3 Å². The lowest BCUT2D eigenvalue weighted by Gasteiger charge is -2.13. The zero-order chi connectivity index (χ0) is 17.2. The van der Waals surface area contributed by atoms with Crippen molar-refractivity contribution in [1.82, 2.24) is 15.3 Å². The Balaban J connectivity index is 1.51. The number of hydrogen-bond acceptors (Lipinski definition) is 5. The van der Waals surface area contributed by atoms with Gasteiger partial charge in [0.05, 0.1) is 10.3 Å². The normalized spacial score (nSPS) is 17.4. The quantitative estimate of drug-likeness (QED) is 0.762. The van der Waals surface area contributed by atoms with Gasteiger partial charge in [0, 0.05) is 12.6 Å². The molecule has 1 amide bonds. The summed E-state index contributed by atoms with van der Waals surface area (Å²) < 4.78 is 0. The van der Waals surface area contributed by atoms with Crippen molar-refractivity contribution in [2.24, 2.45) is 0 Å². The van der Waals surface area contributed by atoms with Gasteiger partial charge in [0.1, 0.15) is 17.0 Å². The number of amides is 1. The van der Waals surface area contributed by atoms with Crippen LogP contribution in [0.5, 0.6) is 0 Å². The van der Waals surface area contributed by atoms with Crippen LogP contribution < -0.4 is 10.6 Å². The fraction of sp³-hybridized carbons (Fsp3) is 0.526. The average Bonchev–Trinajstić information content (AvgIpc) is 3.37. The fourth-order valence-corrected chi connectivity index (χ4v) is 4.43. The molecule has 4 rings (SSSR count). The van der Waals surface area contributed by atoms with E-state index in [1.165, 1.54) is 37.0 Å². The van der Waals surface area contributed by atoms with Crippen molar-refractivity contribution in [2.45, 2.75) is 57.9 Å². The lowest BCUT2D eigenvalue weighted by Crippen LogP contribution is -2.25. The zero-order valence-corrected chi connectivity index (χ0v) is 15.4. The molecule has 2 aromatic heterocycles. The number of allylic oxidation sites excluding steroid dienone is 1. The molecule has 25 heavy (non-hydrogen) atoms. The maximum absolute atomic E-state index is 12.4. The second-order valence-electron chi connectivity index (χ2n) is 6.99. The molecule has 0 spiro atoms. The highest BCUT2D eigenvalue weighted by molar-refractivity contribution is 7.20. The van der Waals surface area contributed by atoms with E-state index in [1.807, 2.05) is 6.92 Å². The molecule has 6 heteroatoms. The predicted octanol–water partition coefficient (Wildman–Crippen LogP) is 4.19. The van der Waals surface area contributed by atoms with Crippen LogP contribution in [0.1, 0.15) is 60.2 Å². The lowest BCUT2D eigenvalue weighted by atomic mass is 9.97. The fourth-order valence-electron chi connectivity index (χ4n) is 3.37. The van der Waals surface area contributed by atoms with Crippen LogP contribution in [0.25, 0.3) is 10.2 Å². The van der Waals surface area contributed by atoms with Crippen molar-refractivity contribution in [3.05, 3.63) is 28.4 Å². The van der Waals surface area contributed by atoms with Crippen molar-refractivity contribution in [2.75, 3.05) is 11.9 Å². The minimum atomic E-state index is 0.0290. The summed E-state index contributed by atoms with van der Waals surface area (Å²) in [6, 6.07) is 0.365. The van der Waals surface area contributed by atoms with E-state index in [1.54, 1.807) is 11.9 Å². The number of anilines is 1. The van der Waals surface area contributed by atoms with E-state index in [2.05, 4.69) is 26.7 Å². The number of rotatable bonds is 6. The minimum Gasteiger partial charge on any atom is -0.369 e. The van der Waals surface area contributed by atoms with E-state index < -0.39 is 0 Å². The van der Waals surface area contributed by atoms with Crippen LogP contribution in [-0.2, 0) is 0 Å². The van der Waals surface area contributed by atoms with Gasteiger partial charge in [-0.25, -0.2) is 9.97 Å². The Hall–Kier alpha value is -1.95. The summed E-state index contributed by atoms with van der Waals surface area (Å²) >= 11 is 1.46. The maximum Gasteiger partial charge on any atom is 0.261 e. The molecule has 0 atom stereocenters. The Morgan fingerprint density at radius 3 is 2.96 bits per heavy atom. The molecule has 1 fully saturated rings. The molecule has 5 nitrogen and oxygen atoms in total. The highest BCUT2D eigenvalue weighted by Crippen LogP contribution is 2.34. The van der Waals surface area contributed by atoms with E-state index in [4.69, 9.17) is 0 Å². The number of aryl methyl sites for hydroxylation is 1. The summed E-state index contributed by atoms with van der Waals surface area (Å²) in [6.07, 6.45) is 12.3. The van der Waals surface area contributed by atoms with Gasteiger partial charge in [-0.15, -0.1) is 11.3 Å². The monoisotopic (exact) mass is 356 g/mol. The molecule has 0 aromatic carbocycles. The number of thiophene rings is 1. The average molecular weight is 356 g/mol.